The average Bonchev–Trinajstić information content (AvgIpc) is 3.44. The van der Waals surface area contributed by atoms with Crippen molar-refractivity contribution in [2.24, 2.45) is 0 Å². The van der Waals surface area contributed by atoms with Gasteiger partial charge in [0.15, 0.2) is 0 Å². The topological polar surface area (TPSA) is 97.0 Å². The molecular formula is C21H19N5O3. The van der Waals surface area contributed by atoms with Crippen LogP contribution < -0.4 is 10.6 Å². The number of hydrogen-bond acceptors (Lipinski definition) is 5. The maximum Gasteiger partial charge on any atom is 0.326 e. The number of amides is 1. The number of benzene rings is 2. The molecule has 0 unspecified atom stereocenters. The van der Waals surface area contributed by atoms with Crippen molar-refractivity contribution in [2.75, 3.05) is 11.4 Å². The molecule has 0 aliphatic carbocycles. The van der Waals surface area contributed by atoms with Gasteiger partial charge in [-0.15, -0.1) is 0 Å². The van der Waals surface area contributed by atoms with Gasteiger partial charge in [0, 0.05) is 30.8 Å². The second kappa shape index (κ2) is 6.73. The highest BCUT2D eigenvalue weighted by molar-refractivity contribution is 5.96. The Labute approximate surface area is 165 Å². The SMILES string of the molecule is CCn1c(=O)[nH]c2cc(-c3noc([C@H]4CC(=O)N(c5ccccc5)C4)n3)ccc21. The van der Waals surface area contributed by atoms with Gasteiger partial charge in [0.2, 0.25) is 17.6 Å². The second-order valence-corrected chi connectivity index (χ2v) is 7.10. The summed E-state index contributed by atoms with van der Waals surface area (Å²) < 4.78 is 7.15. The molecule has 1 amide bonds. The van der Waals surface area contributed by atoms with Crippen molar-refractivity contribution >= 4 is 22.6 Å². The minimum atomic E-state index is -0.145. The Bertz CT molecular complexity index is 1250. The van der Waals surface area contributed by atoms with Crippen molar-refractivity contribution in [3.05, 3.63) is 64.9 Å². The highest BCUT2D eigenvalue weighted by Gasteiger charge is 2.35. The van der Waals surface area contributed by atoms with Crippen LogP contribution in [0.4, 0.5) is 5.69 Å². The molecule has 29 heavy (non-hydrogen) atoms. The molecule has 1 aliphatic rings. The van der Waals surface area contributed by atoms with Crippen LogP contribution in [0.2, 0.25) is 0 Å². The van der Waals surface area contributed by atoms with Crippen molar-refractivity contribution in [1.82, 2.24) is 19.7 Å². The Hall–Kier alpha value is -3.68. The molecule has 4 aromatic rings. The number of aromatic amines is 1. The van der Waals surface area contributed by atoms with Crippen molar-refractivity contribution in [2.45, 2.75) is 25.8 Å². The highest BCUT2D eigenvalue weighted by Crippen LogP contribution is 2.32. The lowest BCUT2D eigenvalue weighted by Crippen LogP contribution is -2.24. The van der Waals surface area contributed by atoms with Gasteiger partial charge in [-0.2, -0.15) is 4.98 Å². The zero-order chi connectivity index (χ0) is 20.0. The molecule has 0 radical (unpaired) electrons. The molecule has 1 saturated heterocycles. The van der Waals surface area contributed by atoms with E-state index in [2.05, 4.69) is 15.1 Å². The summed E-state index contributed by atoms with van der Waals surface area (Å²) in [5.41, 5.74) is 3.05. The van der Waals surface area contributed by atoms with Crippen LogP contribution >= 0.6 is 0 Å². The fraction of sp³-hybridized carbons (Fsp3) is 0.238. The predicted octanol–water partition coefficient (Wildman–Crippen LogP) is 2.92. The maximum absolute atomic E-state index is 12.4. The molecule has 8 nitrogen and oxygen atoms in total. The van der Waals surface area contributed by atoms with Gasteiger partial charge in [0.25, 0.3) is 0 Å². The van der Waals surface area contributed by atoms with Crippen LogP contribution in [0.25, 0.3) is 22.4 Å². The number of carbonyl (C=O) groups excluding carboxylic acids is 1. The number of imidazole rings is 1. The van der Waals surface area contributed by atoms with Crippen LogP contribution in [0.5, 0.6) is 0 Å². The third-order valence-corrected chi connectivity index (χ3v) is 5.33. The van der Waals surface area contributed by atoms with Gasteiger partial charge in [-0.25, -0.2) is 4.79 Å². The van der Waals surface area contributed by atoms with Gasteiger partial charge in [0.05, 0.1) is 17.0 Å². The number of anilines is 1. The Morgan fingerprint density at radius 1 is 1.17 bits per heavy atom. The molecule has 1 N–H and O–H groups in total. The first-order valence-corrected chi connectivity index (χ1v) is 9.56. The quantitative estimate of drug-likeness (QED) is 0.579. The van der Waals surface area contributed by atoms with Gasteiger partial charge in [-0.05, 0) is 37.3 Å². The molecule has 5 rings (SSSR count). The van der Waals surface area contributed by atoms with Crippen molar-refractivity contribution < 1.29 is 9.32 Å². The van der Waals surface area contributed by atoms with Crippen LogP contribution in [0.15, 0.2) is 57.8 Å². The molecule has 0 bridgehead atoms. The molecular weight excluding hydrogens is 370 g/mol. The number of fused-ring (bicyclic) bond motifs is 1. The maximum atomic E-state index is 12.4. The summed E-state index contributed by atoms with van der Waals surface area (Å²) in [6.45, 7) is 3.03. The van der Waals surface area contributed by atoms with Crippen molar-refractivity contribution in [3.63, 3.8) is 0 Å². The van der Waals surface area contributed by atoms with Gasteiger partial charge in [-0.3, -0.25) is 9.36 Å². The number of carbonyl (C=O) groups is 1. The van der Waals surface area contributed by atoms with E-state index < -0.39 is 0 Å². The average molecular weight is 389 g/mol. The summed E-state index contributed by atoms with van der Waals surface area (Å²) in [4.78, 5) is 33.6. The van der Waals surface area contributed by atoms with E-state index >= 15 is 0 Å². The number of rotatable bonds is 4. The summed E-state index contributed by atoms with van der Waals surface area (Å²) in [7, 11) is 0. The van der Waals surface area contributed by atoms with Crippen LogP contribution in [-0.2, 0) is 11.3 Å². The summed E-state index contributed by atoms with van der Waals surface area (Å²) in [6.07, 6.45) is 0.336. The van der Waals surface area contributed by atoms with E-state index in [1.54, 1.807) is 9.47 Å². The lowest BCUT2D eigenvalue weighted by atomic mass is 10.1. The lowest BCUT2D eigenvalue weighted by molar-refractivity contribution is -0.117. The Morgan fingerprint density at radius 3 is 2.79 bits per heavy atom. The zero-order valence-corrected chi connectivity index (χ0v) is 15.8. The Morgan fingerprint density at radius 2 is 2.00 bits per heavy atom. The fourth-order valence-electron chi connectivity index (χ4n) is 3.87. The summed E-state index contributed by atoms with van der Waals surface area (Å²) >= 11 is 0. The van der Waals surface area contributed by atoms with Crippen LogP contribution in [-0.4, -0.2) is 32.1 Å². The molecule has 0 spiro atoms. The Kier molecular flexibility index (Phi) is 4.04. The number of aryl methyl sites for hydroxylation is 1. The molecule has 1 atom stereocenters. The molecule has 8 heteroatoms. The first kappa shape index (κ1) is 17.4. The van der Waals surface area contributed by atoms with Crippen molar-refractivity contribution in [1.29, 1.82) is 0 Å². The van der Waals surface area contributed by atoms with Crippen molar-refractivity contribution in [3.8, 4) is 11.4 Å². The van der Waals surface area contributed by atoms with Gasteiger partial charge < -0.3 is 14.4 Å². The second-order valence-electron chi connectivity index (χ2n) is 7.10. The van der Waals surface area contributed by atoms with Gasteiger partial charge in [0.1, 0.15) is 0 Å². The minimum Gasteiger partial charge on any atom is -0.339 e. The van der Waals surface area contributed by atoms with E-state index in [9.17, 15) is 9.59 Å². The summed E-state index contributed by atoms with van der Waals surface area (Å²) in [5.74, 6) is 0.790. The lowest BCUT2D eigenvalue weighted by Gasteiger charge is -2.15. The Balaban J connectivity index is 1.42. The molecule has 3 heterocycles. The minimum absolute atomic E-state index is 0.0425. The molecule has 0 saturated carbocycles. The highest BCUT2D eigenvalue weighted by atomic mass is 16.5. The summed E-state index contributed by atoms with van der Waals surface area (Å²) in [5, 5.41) is 4.10. The van der Waals surface area contributed by atoms with E-state index in [0.29, 0.717) is 31.2 Å². The third-order valence-electron chi connectivity index (χ3n) is 5.33. The number of aromatic nitrogens is 4. The largest absolute Gasteiger partial charge is 0.339 e. The van der Waals surface area contributed by atoms with E-state index in [-0.39, 0.29) is 17.5 Å². The van der Waals surface area contributed by atoms with Crippen LogP contribution in [0.1, 0.15) is 25.2 Å². The van der Waals surface area contributed by atoms with Gasteiger partial charge in [-0.1, -0.05) is 23.4 Å². The summed E-state index contributed by atoms with van der Waals surface area (Å²) in [6, 6.07) is 15.2. The number of nitrogens with one attached hydrogen (secondary N) is 1. The molecule has 2 aromatic carbocycles. The molecule has 2 aromatic heterocycles. The number of hydrogen-bond donors (Lipinski definition) is 1. The normalized spacial score (nSPS) is 16.8. The number of para-hydroxylation sites is 1. The first-order chi connectivity index (χ1) is 14.1. The standard InChI is InChI=1S/C21H19N5O3/c1-2-25-17-9-8-13(10-16(17)22-21(25)28)19-23-20(29-24-19)14-11-18(27)26(12-14)15-6-4-3-5-7-15/h3-10,14H,2,11-12H2,1H3,(H,22,28)/t14-/m0/s1. The monoisotopic (exact) mass is 389 g/mol. The van der Waals surface area contributed by atoms with Gasteiger partial charge >= 0.3 is 5.69 Å². The van der Waals surface area contributed by atoms with Crippen LogP contribution in [0, 0.1) is 0 Å². The first-order valence-electron chi connectivity index (χ1n) is 9.56. The number of nitrogens with zero attached hydrogens (tertiary/aromatic N) is 4. The van der Waals surface area contributed by atoms with Crippen LogP contribution in [0.3, 0.4) is 0 Å². The van der Waals surface area contributed by atoms with E-state index in [4.69, 9.17) is 4.52 Å². The fourth-order valence-corrected chi connectivity index (χ4v) is 3.87. The molecule has 1 fully saturated rings. The molecule has 146 valence electrons. The zero-order valence-electron chi connectivity index (χ0n) is 15.8. The number of H-pyrrole nitrogens is 1. The third kappa shape index (κ3) is 2.93. The van der Waals surface area contributed by atoms with E-state index in [1.165, 1.54) is 0 Å². The van der Waals surface area contributed by atoms with E-state index in [1.807, 2.05) is 55.5 Å². The smallest absolute Gasteiger partial charge is 0.326 e. The predicted molar refractivity (Wildman–Crippen MR) is 108 cm³/mol. The molecule has 1 aliphatic heterocycles. The van der Waals surface area contributed by atoms with E-state index in [0.717, 1.165) is 22.3 Å².